The Labute approximate surface area is 245 Å². The van der Waals surface area contributed by atoms with E-state index in [2.05, 4.69) is 10.6 Å². The van der Waals surface area contributed by atoms with Crippen molar-refractivity contribution in [3.05, 3.63) is 53.1 Å². The number of para-hydroxylation sites is 1. The summed E-state index contributed by atoms with van der Waals surface area (Å²) in [5.74, 6) is -2.01. The van der Waals surface area contributed by atoms with Crippen LogP contribution in [0.25, 0.3) is 0 Å². The largest absolute Gasteiger partial charge is 0.494 e. The molecule has 3 N–H and O–H groups in total. The van der Waals surface area contributed by atoms with Crippen LogP contribution in [-0.4, -0.2) is 64.7 Å². The second kappa shape index (κ2) is 11.3. The molecule has 3 saturated heterocycles. The van der Waals surface area contributed by atoms with Gasteiger partial charge in [-0.05, 0) is 81.8 Å². The molecule has 220 valence electrons. The number of aliphatic hydroxyl groups excluding tert-OH is 1. The summed E-state index contributed by atoms with van der Waals surface area (Å²) in [7, 11) is 0. The molecule has 3 aliphatic rings. The molecule has 3 unspecified atom stereocenters. The number of nitrogens with zero attached hydrogens (tertiary/aromatic N) is 1. The Morgan fingerprint density at radius 1 is 1.15 bits per heavy atom. The van der Waals surface area contributed by atoms with E-state index in [1.54, 1.807) is 41.3 Å². The molecular formula is C31H38ClN3O6. The molecule has 2 aromatic rings. The van der Waals surface area contributed by atoms with Crippen LogP contribution in [-0.2, 0) is 19.1 Å². The molecule has 3 fully saturated rings. The number of halogens is 1. The number of nitrogens with one attached hydrogen (secondary N) is 2. The summed E-state index contributed by atoms with van der Waals surface area (Å²) >= 11 is 6.44. The number of hydrogen-bond donors (Lipinski definition) is 3. The second-order valence-electron chi connectivity index (χ2n) is 11.5. The zero-order valence-electron chi connectivity index (χ0n) is 23.9. The van der Waals surface area contributed by atoms with Crippen molar-refractivity contribution in [2.45, 2.75) is 64.2 Å². The van der Waals surface area contributed by atoms with Crippen LogP contribution in [0, 0.1) is 24.7 Å². The van der Waals surface area contributed by atoms with Gasteiger partial charge < -0.3 is 30.1 Å². The highest BCUT2D eigenvalue weighted by molar-refractivity contribution is 6.34. The van der Waals surface area contributed by atoms with Gasteiger partial charge in [0.25, 0.3) is 0 Å². The van der Waals surface area contributed by atoms with E-state index in [-0.39, 0.29) is 30.9 Å². The molecule has 10 heteroatoms. The Kier molecular flexibility index (Phi) is 8.07. The smallest absolute Gasteiger partial charge is 0.250 e. The normalized spacial score (nSPS) is 29.9. The predicted octanol–water partition coefficient (Wildman–Crippen LogP) is 4.41. The van der Waals surface area contributed by atoms with Gasteiger partial charge in [0.05, 0.1) is 34.8 Å². The van der Waals surface area contributed by atoms with E-state index in [0.717, 1.165) is 5.56 Å². The zero-order valence-corrected chi connectivity index (χ0v) is 24.7. The first-order chi connectivity index (χ1) is 19.6. The molecule has 0 aliphatic carbocycles. The van der Waals surface area contributed by atoms with Crippen molar-refractivity contribution < 1.29 is 29.0 Å². The van der Waals surface area contributed by atoms with Crippen LogP contribution in [0.5, 0.6) is 5.75 Å². The number of carbonyl (C=O) groups is 3. The summed E-state index contributed by atoms with van der Waals surface area (Å²) in [5, 5.41) is 15.7. The van der Waals surface area contributed by atoms with Crippen LogP contribution in [0.4, 0.5) is 11.4 Å². The van der Waals surface area contributed by atoms with Crippen molar-refractivity contribution >= 4 is 40.7 Å². The number of aliphatic hydroxyl groups is 1. The van der Waals surface area contributed by atoms with Crippen LogP contribution < -0.4 is 15.4 Å². The highest BCUT2D eigenvalue weighted by Crippen LogP contribution is 2.65. The van der Waals surface area contributed by atoms with Gasteiger partial charge in [-0.3, -0.25) is 14.4 Å². The summed E-state index contributed by atoms with van der Waals surface area (Å²) < 4.78 is 12.3. The van der Waals surface area contributed by atoms with Gasteiger partial charge in [0, 0.05) is 18.8 Å². The summed E-state index contributed by atoms with van der Waals surface area (Å²) in [4.78, 5) is 43.8. The third-order valence-electron chi connectivity index (χ3n) is 9.06. The Bertz CT molecular complexity index is 1320. The zero-order chi connectivity index (χ0) is 29.5. The minimum Gasteiger partial charge on any atom is -0.494 e. The van der Waals surface area contributed by atoms with Gasteiger partial charge in [0.2, 0.25) is 17.7 Å². The lowest BCUT2D eigenvalue weighted by Gasteiger charge is -2.36. The summed E-state index contributed by atoms with van der Waals surface area (Å²) in [6.45, 7) is 8.41. The van der Waals surface area contributed by atoms with Gasteiger partial charge >= 0.3 is 0 Å². The van der Waals surface area contributed by atoms with Crippen LogP contribution in [0.2, 0.25) is 5.02 Å². The van der Waals surface area contributed by atoms with Crippen molar-refractivity contribution in [2.75, 3.05) is 30.4 Å². The maximum absolute atomic E-state index is 14.2. The molecule has 6 atom stereocenters. The third-order valence-corrected chi connectivity index (χ3v) is 9.37. The minimum atomic E-state index is -1.18. The molecule has 1 spiro atoms. The molecule has 0 aromatic heterocycles. The number of carbonyl (C=O) groups excluding carboxylic acids is 3. The molecule has 5 rings (SSSR count). The SMILES string of the molecule is CCOc1ccc(NC(=O)[C@@H]2[C@H]3C(=O)N(CCCCO)C(C(=O)Nc4c(C)cccc4Cl)C34CC(C)[C@@]2(C)O4)cc1. The van der Waals surface area contributed by atoms with Gasteiger partial charge in [0.1, 0.15) is 17.4 Å². The molecule has 3 heterocycles. The highest BCUT2D eigenvalue weighted by Gasteiger charge is 2.79. The number of unbranched alkanes of at least 4 members (excludes halogenated alkanes) is 1. The van der Waals surface area contributed by atoms with Gasteiger partial charge in [-0.25, -0.2) is 0 Å². The first-order valence-electron chi connectivity index (χ1n) is 14.3. The van der Waals surface area contributed by atoms with E-state index in [0.29, 0.717) is 48.0 Å². The Hall–Kier alpha value is -3.14. The fourth-order valence-corrected chi connectivity index (χ4v) is 7.35. The number of fused-ring (bicyclic) bond motifs is 1. The maximum atomic E-state index is 14.2. The van der Waals surface area contributed by atoms with Crippen molar-refractivity contribution in [3.8, 4) is 5.75 Å². The minimum absolute atomic E-state index is 0.0228. The van der Waals surface area contributed by atoms with Crippen LogP contribution >= 0.6 is 11.6 Å². The molecule has 41 heavy (non-hydrogen) atoms. The number of anilines is 2. The van der Waals surface area contributed by atoms with Gasteiger partial charge in [0.15, 0.2) is 0 Å². The molecular weight excluding hydrogens is 546 g/mol. The lowest BCUT2D eigenvalue weighted by molar-refractivity contribution is -0.144. The summed E-state index contributed by atoms with van der Waals surface area (Å²) in [6, 6.07) is 11.5. The van der Waals surface area contributed by atoms with Crippen LogP contribution in [0.1, 0.15) is 45.6 Å². The standard InChI is InChI=1S/C31H38ClN3O6/c1-5-40-21-13-11-20(12-14-21)33-27(37)23-24-29(39)35(15-6-7-16-36)26(31(24)17-19(3)30(23,4)41-31)28(38)34-25-18(2)9-8-10-22(25)32/h8-14,19,23-24,26,36H,5-7,15-17H2,1-4H3,(H,33,37)(H,34,38)/t19?,23-,24-,26?,30+,31?/m0/s1. The number of aryl methyl sites for hydroxylation is 1. The van der Waals surface area contributed by atoms with E-state index >= 15 is 0 Å². The molecule has 3 aliphatic heterocycles. The van der Waals surface area contributed by atoms with Crippen molar-refractivity contribution in [1.82, 2.24) is 4.90 Å². The molecule has 0 radical (unpaired) electrons. The Balaban J connectivity index is 1.49. The second-order valence-corrected chi connectivity index (χ2v) is 11.9. The van der Waals surface area contributed by atoms with Crippen molar-refractivity contribution in [3.63, 3.8) is 0 Å². The topological polar surface area (TPSA) is 117 Å². The van der Waals surface area contributed by atoms with Crippen molar-refractivity contribution in [1.29, 1.82) is 0 Å². The van der Waals surface area contributed by atoms with Gasteiger partial charge in [-0.2, -0.15) is 0 Å². The fraction of sp³-hybridized carbons (Fsp3) is 0.516. The average Bonchev–Trinajstić information content (AvgIpc) is 3.44. The molecule has 2 aromatic carbocycles. The molecule has 3 amide bonds. The fourth-order valence-electron chi connectivity index (χ4n) is 7.08. The predicted molar refractivity (Wildman–Crippen MR) is 156 cm³/mol. The number of benzene rings is 2. The highest BCUT2D eigenvalue weighted by atomic mass is 35.5. The maximum Gasteiger partial charge on any atom is 0.250 e. The monoisotopic (exact) mass is 583 g/mol. The van der Waals surface area contributed by atoms with Crippen LogP contribution in [0.3, 0.4) is 0 Å². The van der Waals surface area contributed by atoms with E-state index in [4.69, 9.17) is 21.1 Å². The van der Waals surface area contributed by atoms with E-state index in [9.17, 15) is 19.5 Å². The van der Waals surface area contributed by atoms with Gasteiger partial charge in [-0.15, -0.1) is 0 Å². The average molecular weight is 584 g/mol. The number of ether oxygens (including phenoxy) is 2. The van der Waals surface area contributed by atoms with E-state index < -0.39 is 35.0 Å². The Morgan fingerprint density at radius 3 is 2.54 bits per heavy atom. The summed E-state index contributed by atoms with van der Waals surface area (Å²) in [5.41, 5.74) is -0.254. The lowest BCUT2D eigenvalue weighted by Crippen LogP contribution is -2.54. The number of amides is 3. The third kappa shape index (κ3) is 4.87. The number of hydrogen-bond acceptors (Lipinski definition) is 6. The molecule has 2 bridgehead atoms. The first kappa shape index (κ1) is 29.4. The molecule has 0 saturated carbocycles. The molecule has 9 nitrogen and oxygen atoms in total. The van der Waals surface area contributed by atoms with Crippen LogP contribution in [0.15, 0.2) is 42.5 Å². The Morgan fingerprint density at radius 2 is 1.88 bits per heavy atom. The number of rotatable bonds is 10. The lowest BCUT2D eigenvalue weighted by atomic mass is 9.62. The van der Waals surface area contributed by atoms with Crippen molar-refractivity contribution in [2.24, 2.45) is 17.8 Å². The van der Waals surface area contributed by atoms with E-state index in [1.807, 2.05) is 33.8 Å². The van der Waals surface area contributed by atoms with Gasteiger partial charge in [-0.1, -0.05) is 30.7 Å². The quantitative estimate of drug-likeness (QED) is 0.357. The number of likely N-dealkylation sites (tertiary alicyclic amines) is 1. The first-order valence-corrected chi connectivity index (χ1v) is 14.7. The van der Waals surface area contributed by atoms with E-state index in [1.165, 1.54) is 0 Å². The summed E-state index contributed by atoms with van der Waals surface area (Å²) in [6.07, 6.45) is 1.45.